The minimum Gasteiger partial charge on any atom is -0.306 e. The third-order valence-electron chi connectivity index (χ3n) is 2.63. The molecule has 1 heterocycles. The van der Waals surface area contributed by atoms with Crippen LogP contribution in [0.3, 0.4) is 0 Å². The summed E-state index contributed by atoms with van der Waals surface area (Å²) < 4.78 is 0. The Kier molecular flexibility index (Phi) is 3.73. The summed E-state index contributed by atoms with van der Waals surface area (Å²) in [4.78, 5) is 13.0. The van der Waals surface area contributed by atoms with Gasteiger partial charge in [0.2, 0.25) is 0 Å². The van der Waals surface area contributed by atoms with Crippen LogP contribution < -0.4 is 0 Å². The zero-order valence-electron chi connectivity index (χ0n) is 8.18. The highest BCUT2D eigenvalue weighted by Crippen LogP contribution is 2.20. The van der Waals surface area contributed by atoms with Crippen molar-refractivity contribution in [3.8, 4) is 0 Å². The maximum Gasteiger partial charge on any atom is 0.129 e. The molecule has 0 amide bonds. The molecule has 1 atom stereocenters. The van der Waals surface area contributed by atoms with Gasteiger partial charge in [0.05, 0.1) is 0 Å². The van der Waals surface area contributed by atoms with Crippen LogP contribution >= 0.6 is 0 Å². The topological polar surface area (TPSA) is 20.3 Å². The number of nitrogens with zero attached hydrogens (tertiary/aromatic N) is 1. The van der Waals surface area contributed by atoms with Crippen molar-refractivity contribution in [3.05, 3.63) is 0 Å². The fraction of sp³-hybridized carbons (Fsp3) is 0.900. The third-order valence-corrected chi connectivity index (χ3v) is 2.63. The largest absolute Gasteiger partial charge is 0.306 e. The predicted octanol–water partition coefficient (Wildman–Crippen LogP) is 1.70. The Morgan fingerprint density at radius 3 is 2.83 bits per heavy atom. The van der Waals surface area contributed by atoms with Gasteiger partial charge in [0.25, 0.3) is 0 Å². The van der Waals surface area contributed by atoms with Crippen LogP contribution in [0.5, 0.6) is 0 Å². The maximum atomic E-state index is 10.7. The van der Waals surface area contributed by atoms with Crippen LogP contribution in [0.15, 0.2) is 0 Å². The Bertz CT molecular complexity index is 156. The van der Waals surface area contributed by atoms with E-state index < -0.39 is 0 Å². The number of rotatable bonds is 4. The second kappa shape index (κ2) is 4.61. The van der Waals surface area contributed by atoms with Crippen molar-refractivity contribution in [1.82, 2.24) is 4.90 Å². The zero-order chi connectivity index (χ0) is 8.97. The van der Waals surface area contributed by atoms with E-state index in [1.165, 1.54) is 25.9 Å². The molecule has 1 saturated heterocycles. The van der Waals surface area contributed by atoms with E-state index in [1.807, 2.05) is 0 Å². The molecule has 1 rings (SSSR count). The lowest BCUT2D eigenvalue weighted by Gasteiger charge is -2.08. The second-order valence-corrected chi connectivity index (χ2v) is 4.01. The quantitative estimate of drug-likeness (QED) is 0.638. The molecule has 0 aromatic rings. The molecule has 0 radical (unpaired) electrons. The lowest BCUT2D eigenvalue weighted by Crippen LogP contribution is -2.13. The van der Waals surface area contributed by atoms with Crippen LogP contribution in [0.1, 0.15) is 32.6 Å². The molecule has 12 heavy (non-hydrogen) atoms. The summed E-state index contributed by atoms with van der Waals surface area (Å²) in [6, 6.07) is 0. The van der Waals surface area contributed by atoms with Crippen molar-refractivity contribution < 1.29 is 4.79 Å². The van der Waals surface area contributed by atoms with E-state index in [9.17, 15) is 4.79 Å². The molecule has 70 valence electrons. The van der Waals surface area contributed by atoms with E-state index in [0.29, 0.717) is 5.78 Å². The molecule has 0 aromatic heterocycles. The van der Waals surface area contributed by atoms with Gasteiger partial charge in [-0.3, -0.25) is 0 Å². The second-order valence-electron chi connectivity index (χ2n) is 4.01. The molecule has 0 N–H and O–H groups in total. The van der Waals surface area contributed by atoms with Crippen LogP contribution in [-0.4, -0.2) is 30.8 Å². The first-order valence-corrected chi connectivity index (χ1v) is 4.86. The lowest BCUT2D eigenvalue weighted by molar-refractivity contribution is -0.117. The SMILES string of the molecule is CC(=O)CCCC1CCN(C)C1. The summed E-state index contributed by atoms with van der Waals surface area (Å²) in [5, 5.41) is 0. The summed E-state index contributed by atoms with van der Waals surface area (Å²) in [6.07, 6.45) is 4.44. The first-order valence-electron chi connectivity index (χ1n) is 4.86. The highest BCUT2D eigenvalue weighted by Gasteiger charge is 2.18. The number of likely N-dealkylation sites (tertiary alicyclic amines) is 1. The van der Waals surface area contributed by atoms with Crippen LogP contribution in [0.25, 0.3) is 0 Å². The van der Waals surface area contributed by atoms with E-state index >= 15 is 0 Å². The summed E-state index contributed by atoms with van der Waals surface area (Å²) >= 11 is 0. The minimum absolute atomic E-state index is 0.335. The Hall–Kier alpha value is -0.370. The number of hydrogen-bond acceptors (Lipinski definition) is 2. The van der Waals surface area contributed by atoms with Gasteiger partial charge in [-0.15, -0.1) is 0 Å². The molecule has 1 unspecified atom stereocenters. The summed E-state index contributed by atoms with van der Waals surface area (Å²) in [7, 11) is 2.17. The van der Waals surface area contributed by atoms with Gasteiger partial charge in [0, 0.05) is 13.0 Å². The van der Waals surface area contributed by atoms with E-state index in [2.05, 4.69) is 11.9 Å². The molecule has 1 aliphatic heterocycles. The number of carbonyl (C=O) groups excluding carboxylic acids is 1. The minimum atomic E-state index is 0.335. The van der Waals surface area contributed by atoms with E-state index in [4.69, 9.17) is 0 Å². The number of carbonyl (C=O) groups is 1. The Labute approximate surface area is 74.9 Å². The van der Waals surface area contributed by atoms with Gasteiger partial charge in [0.1, 0.15) is 5.78 Å². The van der Waals surface area contributed by atoms with Crippen molar-refractivity contribution in [2.75, 3.05) is 20.1 Å². The Morgan fingerprint density at radius 2 is 2.33 bits per heavy atom. The molecule has 1 fully saturated rings. The fourth-order valence-electron chi connectivity index (χ4n) is 1.90. The monoisotopic (exact) mass is 169 g/mol. The highest BCUT2D eigenvalue weighted by molar-refractivity contribution is 5.75. The molecule has 0 spiro atoms. The van der Waals surface area contributed by atoms with Crippen molar-refractivity contribution in [2.45, 2.75) is 32.6 Å². The Morgan fingerprint density at radius 1 is 1.58 bits per heavy atom. The lowest BCUT2D eigenvalue weighted by atomic mass is 10.0. The van der Waals surface area contributed by atoms with E-state index in [-0.39, 0.29) is 0 Å². The average Bonchev–Trinajstić information content (AvgIpc) is 2.35. The van der Waals surface area contributed by atoms with Gasteiger partial charge < -0.3 is 9.69 Å². The first kappa shape index (κ1) is 9.72. The Balaban J connectivity index is 2.04. The standard InChI is InChI=1S/C10H19NO/c1-9(12)4-3-5-10-6-7-11(2)8-10/h10H,3-8H2,1-2H3. The summed E-state index contributed by atoms with van der Waals surface area (Å²) in [5.41, 5.74) is 0. The van der Waals surface area contributed by atoms with Crippen LogP contribution in [0.2, 0.25) is 0 Å². The maximum absolute atomic E-state index is 10.7. The van der Waals surface area contributed by atoms with Gasteiger partial charge in [-0.05, 0) is 45.7 Å². The smallest absolute Gasteiger partial charge is 0.129 e. The summed E-state index contributed by atoms with van der Waals surface area (Å²) in [5.74, 6) is 1.19. The average molecular weight is 169 g/mol. The molecular formula is C10H19NO. The van der Waals surface area contributed by atoms with Gasteiger partial charge in [0.15, 0.2) is 0 Å². The third kappa shape index (κ3) is 3.35. The molecule has 0 aliphatic carbocycles. The van der Waals surface area contributed by atoms with Crippen molar-refractivity contribution in [1.29, 1.82) is 0 Å². The van der Waals surface area contributed by atoms with Crippen LogP contribution in [0.4, 0.5) is 0 Å². The van der Waals surface area contributed by atoms with E-state index in [1.54, 1.807) is 6.92 Å². The van der Waals surface area contributed by atoms with Crippen LogP contribution in [0, 0.1) is 5.92 Å². The zero-order valence-corrected chi connectivity index (χ0v) is 8.18. The normalized spacial score (nSPS) is 24.7. The fourth-order valence-corrected chi connectivity index (χ4v) is 1.90. The first-order chi connectivity index (χ1) is 5.68. The molecule has 1 aliphatic rings. The van der Waals surface area contributed by atoms with Crippen molar-refractivity contribution in [3.63, 3.8) is 0 Å². The van der Waals surface area contributed by atoms with Gasteiger partial charge in [-0.1, -0.05) is 0 Å². The molecule has 2 nitrogen and oxygen atoms in total. The van der Waals surface area contributed by atoms with Crippen molar-refractivity contribution in [2.24, 2.45) is 5.92 Å². The highest BCUT2D eigenvalue weighted by atomic mass is 16.1. The van der Waals surface area contributed by atoms with Gasteiger partial charge in [-0.25, -0.2) is 0 Å². The van der Waals surface area contributed by atoms with Gasteiger partial charge in [-0.2, -0.15) is 0 Å². The molecule has 0 aromatic carbocycles. The summed E-state index contributed by atoms with van der Waals surface area (Å²) in [6.45, 7) is 4.16. The predicted molar refractivity (Wildman–Crippen MR) is 50.1 cm³/mol. The molecular weight excluding hydrogens is 150 g/mol. The molecule has 0 saturated carbocycles. The molecule has 0 bridgehead atoms. The van der Waals surface area contributed by atoms with Crippen molar-refractivity contribution >= 4 is 5.78 Å². The molecule has 2 heteroatoms. The number of Topliss-reactive ketones (excluding diaryl/α,β-unsaturated/α-hetero) is 1. The number of ketones is 1. The van der Waals surface area contributed by atoms with Crippen LogP contribution in [-0.2, 0) is 4.79 Å². The van der Waals surface area contributed by atoms with Gasteiger partial charge >= 0.3 is 0 Å². The number of hydrogen-bond donors (Lipinski definition) is 0. The van der Waals surface area contributed by atoms with E-state index in [0.717, 1.165) is 18.8 Å².